The quantitative estimate of drug-likeness (QED) is 0.847. The molecule has 1 aliphatic carbocycles. The molecule has 126 valence electrons. The molecule has 0 aliphatic heterocycles. The summed E-state index contributed by atoms with van der Waals surface area (Å²) < 4.78 is 5.20. The van der Waals surface area contributed by atoms with E-state index in [1.165, 1.54) is 0 Å². The fourth-order valence-electron chi connectivity index (χ4n) is 2.79. The highest BCUT2D eigenvalue weighted by atomic mass is 16.5. The van der Waals surface area contributed by atoms with Crippen molar-refractivity contribution in [2.45, 2.75) is 58.2 Å². The van der Waals surface area contributed by atoms with Gasteiger partial charge in [0, 0.05) is 6.04 Å². The summed E-state index contributed by atoms with van der Waals surface area (Å²) in [6, 6.07) is 9.14. The second-order valence-corrected chi connectivity index (χ2v) is 6.42. The van der Waals surface area contributed by atoms with E-state index in [1.807, 2.05) is 44.2 Å². The molecule has 1 aromatic rings. The number of benzene rings is 1. The maximum Gasteiger partial charge on any atom is 0.408 e. The number of rotatable bonds is 6. The Morgan fingerprint density at radius 2 is 1.83 bits per heavy atom. The van der Waals surface area contributed by atoms with Gasteiger partial charge in [-0.15, -0.1) is 0 Å². The summed E-state index contributed by atoms with van der Waals surface area (Å²) in [4.78, 5) is 24.3. The van der Waals surface area contributed by atoms with Crippen LogP contribution in [0.1, 0.15) is 45.1 Å². The first-order valence-electron chi connectivity index (χ1n) is 8.34. The van der Waals surface area contributed by atoms with Crippen LogP contribution in [0.25, 0.3) is 0 Å². The number of hydrogen-bond acceptors (Lipinski definition) is 3. The topological polar surface area (TPSA) is 67.4 Å². The maximum atomic E-state index is 12.4. The number of alkyl carbamates (subject to hydrolysis) is 1. The number of carbonyl (C=O) groups is 2. The highest BCUT2D eigenvalue weighted by Gasteiger charge is 2.27. The monoisotopic (exact) mass is 318 g/mol. The lowest BCUT2D eigenvalue weighted by molar-refractivity contribution is -0.124. The highest BCUT2D eigenvalue weighted by Crippen LogP contribution is 2.18. The molecule has 5 nitrogen and oxygen atoms in total. The van der Waals surface area contributed by atoms with Crippen molar-refractivity contribution >= 4 is 12.0 Å². The third kappa shape index (κ3) is 5.58. The minimum atomic E-state index is -0.570. The van der Waals surface area contributed by atoms with Crippen LogP contribution < -0.4 is 10.6 Å². The van der Waals surface area contributed by atoms with Gasteiger partial charge in [0.15, 0.2) is 0 Å². The van der Waals surface area contributed by atoms with Gasteiger partial charge in [-0.2, -0.15) is 0 Å². The van der Waals surface area contributed by atoms with Gasteiger partial charge in [0.25, 0.3) is 0 Å². The van der Waals surface area contributed by atoms with Gasteiger partial charge in [-0.25, -0.2) is 4.79 Å². The van der Waals surface area contributed by atoms with Gasteiger partial charge in [0.05, 0.1) is 0 Å². The van der Waals surface area contributed by atoms with Crippen LogP contribution >= 0.6 is 0 Å². The Morgan fingerprint density at radius 3 is 2.43 bits per heavy atom. The summed E-state index contributed by atoms with van der Waals surface area (Å²) in [7, 11) is 0. The van der Waals surface area contributed by atoms with Crippen molar-refractivity contribution in [2.24, 2.45) is 5.92 Å². The summed E-state index contributed by atoms with van der Waals surface area (Å²) in [5, 5.41) is 5.72. The maximum absolute atomic E-state index is 12.4. The first-order valence-corrected chi connectivity index (χ1v) is 8.34. The number of hydrogen-bond donors (Lipinski definition) is 2. The third-order valence-electron chi connectivity index (χ3n) is 4.14. The van der Waals surface area contributed by atoms with Crippen LogP contribution in [0, 0.1) is 5.92 Å². The Labute approximate surface area is 137 Å². The number of nitrogens with one attached hydrogen (secondary N) is 2. The van der Waals surface area contributed by atoms with Gasteiger partial charge < -0.3 is 15.4 Å². The molecule has 1 aliphatic rings. The van der Waals surface area contributed by atoms with E-state index in [0.29, 0.717) is 0 Å². The van der Waals surface area contributed by atoms with Crippen molar-refractivity contribution in [3.8, 4) is 0 Å². The molecule has 0 spiro atoms. The average molecular weight is 318 g/mol. The molecular formula is C18H26N2O3. The lowest BCUT2D eigenvalue weighted by Crippen LogP contribution is -2.51. The molecule has 0 heterocycles. The Bertz CT molecular complexity index is 510. The van der Waals surface area contributed by atoms with Crippen molar-refractivity contribution in [1.29, 1.82) is 0 Å². The zero-order valence-electron chi connectivity index (χ0n) is 13.9. The largest absolute Gasteiger partial charge is 0.445 e. The highest BCUT2D eigenvalue weighted by molar-refractivity contribution is 5.86. The molecular weight excluding hydrogens is 292 g/mol. The molecule has 2 rings (SSSR count). The zero-order valence-corrected chi connectivity index (χ0v) is 13.9. The molecule has 0 unspecified atom stereocenters. The molecule has 1 atom stereocenters. The van der Waals surface area contributed by atoms with E-state index in [0.717, 1.165) is 31.2 Å². The number of carbonyl (C=O) groups excluding carboxylic acids is 2. The van der Waals surface area contributed by atoms with Gasteiger partial charge in [0.2, 0.25) is 5.91 Å². The van der Waals surface area contributed by atoms with E-state index in [1.54, 1.807) is 0 Å². The molecule has 1 aromatic carbocycles. The normalized spacial score (nSPS) is 16.1. The summed E-state index contributed by atoms with van der Waals surface area (Å²) >= 11 is 0. The van der Waals surface area contributed by atoms with Crippen LogP contribution in [0.3, 0.4) is 0 Å². The van der Waals surface area contributed by atoms with E-state index in [4.69, 9.17) is 4.74 Å². The molecule has 1 fully saturated rings. The average Bonchev–Trinajstić information content (AvgIpc) is 3.04. The van der Waals surface area contributed by atoms with E-state index < -0.39 is 12.1 Å². The Balaban J connectivity index is 1.82. The van der Waals surface area contributed by atoms with Crippen LogP contribution in [0.5, 0.6) is 0 Å². The fraction of sp³-hybridized carbons (Fsp3) is 0.556. The summed E-state index contributed by atoms with van der Waals surface area (Å²) in [6.45, 7) is 4.02. The summed E-state index contributed by atoms with van der Waals surface area (Å²) in [5.74, 6) is -0.121. The zero-order chi connectivity index (χ0) is 16.7. The Hall–Kier alpha value is -2.04. The molecule has 23 heavy (non-hydrogen) atoms. The van der Waals surface area contributed by atoms with Crippen LogP contribution in [-0.4, -0.2) is 24.1 Å². The minimum absolute atomic E-state index is 0.000628. The molecule has 2 N–H and O–H groups in total. The van der Waals surface area contributed by atoms with Gasteiger partial charge >= 0.3 is 6.09 Å². The second kappa shape index (κ2) is 8.56. The number of amides is 2. The van der Waals surface area contributed by atoms with Gasteiger partial charge in [-0.1, -0.05) is 57.0 Å². The third-order valence-corrected chi connectivity index (χ3v) is 4.14. The van der Waals surface area contributed by atoms with Gasteiger partial charge in [-0.05, 0) is 24.3 Å². The predicted molar refractivity (Wildman–Crippen MR) is 88.8 cm³/mol. The van der Waals surface area contributed by atoms with E-state index in [-0.39, 0.29) is 24.5 Å². The Kier molecular flexibility index (Phi) is 6.44. The first kappa shape index (κ1) is 17.3. The molecule has 0 saturated heterocycles. The SMILES string of the molecule is CC(C)[C@@H](NC(=O)OCc1ccccc1)C(=O)NC1CCCC1. The number of ether oxygens (including phenoxy) is 1. The van der Waals surface area contributed by atoms with E-state index in [2.05, 4.69) is 10.6 Å². The van der Waals surface area contributed by atoms with E-state index in [9.17, 15) is 9.59 Å². The molecule has 5 heteroatoms. The van der Waals surface area contributed by atoms with Crippen LogP contribution in [0.2, 0.25) is 0 Å². The van der Waals surface area contributed by atoms with Crippen molar-refractivity contribution in [3.63, 3.8) is 0 Å². The van der Waals surface area contributed by atoms with Crippen LogP contribution in [0.4, 0.5) is 4.79 Å². The minimum Gasteiger partial charge on any atom is -0.445 e. The lowest BCUT2D eigenvalue weighted by atomic mass is 10.0. The molecule has 0 radical (unpaired) electrons. The smallest absolute Gasteiger partial charge is 0.408 e. The Morgan fingerprint density at radius 1 is 1.17 bits per heavy atom. The summed E-state index contributed by atoms with van der Waals surface area (Å²) in [5.41, 5.74) is 0.916. The van der Waals surface area contributed by atoms with Crippen molar-refractivity contribution < 1.29 is 14.3 Å². The first-order chi connectivity index (χ1) is 11.1. The molecule has 0 bridgehead atoms. The van der Waals surface area contributed by atoms with Gasteiger partial charge in [-0.3, -0.25) is 4.79 Å². The predicted octanol–water partition coefficient (Wildman–Crippen LogP) is 3.00. The molecule has 2 amide bonds. The van der Waals surface area contributed by atoms with Crippen LogP contribution in [0.15, 0.2) is 30.3 Å². The second-order valence-electron chi connectivity index (χ2n) is 6.42. The van der Waals surface area contributed by atoms with Crippen molar-refractivity contribution in [2.75, 3.05) is 0 Å². The molecule has 0 aromatic heterocycles. The molecule has 1 saturated carbocycles. The standard InChI is InChI=1S/C18H26N2O3/c1-13(2)16(17(21)19-15-10-6-7-11-15)20-18(22)23-12-14-8-4-3-5-9-14/h3-5,8-9,13,15-16H,6-7,10-12H2,1-2H3,(H,19,21)(H,20,22)/t16-/m1/s1. The lowest BCUT2D eigenvalue weighted by Gasteiger charge is -2.23. The van der Waals surface area contributed by atoms with Crippen LogP contribution in [-0.2, 0) is 16.1 Å². The fourth-order valence-corrected chi connectivity index (χ4v) is 2.79. The van der Waals surface area contributed by atoms with Crippen molar-refractivity contribution in [3.05, 3.63) is 35.9 Å². The van der Waals surface area contributed by atoms with E-state index >= 15 is 0 Å². The van der Waals surface area contributed by atoms with Gasteiger partial charge in [0.1, 0.15) is 12.6 Å². The summed E-state index contributed by atoms with van der Waals surface area (Å²) in [6.07, 6.45) is 3.80. The van der Waals surface area contributed by atoms with Crippen molar-refractivity contribution in [1.82, 2.24) is 10.6 Å².